The van der Waals surface area contributed by atoms with Gasteiger partial charge in [-0.15, -0.1) is 0 Å². The maximum atomic E-state index is 5.94. The Morgan fingerprint density at radius 2 is 2.44 bits per heavy atom. The minimum atomic E-state index is 0.273. The number of hydrogen-bond donors (Lipinski definition) is 1. The van der Waals surface area contributed by atoms with E-state index in [2.05, 4.69) is 22.1 Å². The molecule has 2 rings (SSSR count). The van der Waals surface area contributed by atoms with Crippen molar-refractivity contribution in [2.45, 2.75) is 19.6 Å². The van der Waals surface area contributed by atoms with Gasteiger partial charge < -0.3 is 14.6 Å². The predicted molar refractivity (Wildman–Crippen MR) is 71.8 cm³/mol. The maximum Gasteiger partial charge on any atom is 0.128 e. The Morgan fingerprint density at radius 3 is 3.11 bits per heavy atom. The Balaban J connectivity index is 1.73. The second kappa shape index (κ2) is 6.52. The molecule has 1 saturated heterocycles. The summed E-state index contributed by atoms with van der Waals surface area (Å²) in [6.07, 6.45) is 1.95. The molecule has 0 saturated carbocycles. The zero-order valence-electron chi connectivity index (χ0n) is 11.0. The van der Waals surface area contributed by atoms with Gasteiger partial charge in [-0.1, -0.05) is 18.5 Å². The Hall–Kier alpha value is -0.620. The van der Waals surface area contributed by atoms with Crippen LogP contribution < -0.4 is 5.32 Å². The molecule has 1 aliphatic heterocycles. The third kappa shape index (κ3) is 3.45. The quantitative estimate of drug-likeness (QED) is 0.864. The topological polar surface area (TPSA) is 42.3 Å². The van der Waals surface area contributed by atoms with Gasteiger partial charge in [0.2, 0.25) is 0 Å². The fraction of sp³-hybridized carbons (Fsp3) is 0.750. The Labute approximate surface area is 113 Å². The summed E-state index contributed by atoms with van der Waals surface area (Å²) in [5.41, 5.74) is 0. The highest BCUT2D eigenvalue weighted by Gasteiger charge is 2.18. The van der Waals surface area contributed by atoms with E-state index in [1.54, 1.807) is 6.20 Å². The number of aromatic nitrogens is 2. The molecule has 1 N–H and O–H groups in total. The van der Waals surface area contributed by atoms with Gasteiger partial charge >= 0.3 is 0 Å². The lowest BCUT2D eigenvalue weighted by Crippen LogP contribution is -2.46. The third-order valence-electron chi connectivity index (χ3n) is 3.35. The summed E-state index contributed by atoms with van der Waals surface area (Å²) >= 11 is 5.94. The lowest BCUT2D eigenvalue weighted by Gasteiger charge is -2.32. The summed E-state index contributed by atoms with van der Waals surface area (Å²) in [5.74, 6) is 0.947. The molecule has 102 valence electrons. The van der Waals surface area contributed by atoms with Crippen LogP contribution in [-0.2, 0) is 18.3 Å². The van der Waals surface area contributed by atoms with Crippen LogP contribution in [0.3, 0.4) is 0 Å². The van der Waals surface area contributed by atoms with Crippen molar-refractivity contribution in [1.82, 2.24) is 19.8 Å². The largest absolute Gasteiger partial charge is 0.374 e. The molecule has 1 aliphatic rings. The highest BCUT2D eigenvalue weighted by Crippen LogP contribution is 2.09. The van der Waals surface area contributed by atoms with Gasteiger partial charge in [-0.05, 0) is 6.54 Å². The van der Waals surface area contributed by atoms with Gasteiger partial charge in [0.25, 0.3) is 0 Å². The zero-order valence-corrected chi connectivity index (χ0v) is 11.8. The molecule has 2 heterocycles. The van der Waals surface area contributed by atoms with Crippen molar-refractivity contribution in [1.29, 1.82) is 0 Å². The van der Waals surface area contributed by atoms with Gasteiger partial charge in [-0.25, -0.2) is 4.98 Å². The number of hydrogen-bond acceptors (Lipinski definition) is 4. The zero-order chi connectivity index (χ0) is 13.0. The number of morpholine rings is 1. The van der Waals surface area contributed by atoms with Crippen LogP contribution in [0.4, 0.5) is 0 Å². The monoisotopic (exact) mass is 272 g/mol. The lowest BCUT2D eigenvalue weighted by atomic mass is 10.2. The molecule has 0 amide bonds. The minimum absolute atomic E-state index is 0.273. The second-order valence-electron chi connectivity index (χ2n) is 4.57. The molecule has 5 nitrogen and oxygen atoms in total. The fourth-order valence-corrected chi connectivity index (χ4v) is 2.27. The van der Waals surface area contributed by atoms with E-state index in [-0.39, 0.29) is 6.10 Å². The summed E-state index contributed by atoms with van der Waals surface area (Å²) in [7, 11) is 1.92. The number of nitrogens with one attached hydrogen (secondary N) is 1. The first-order chi connectivity index (χ1) is 8.70. The van der Waals surface area contributed by atoms with Crippen LogP contribution in [0.2, 0.25) is 5.15 Å². The second-order valence-corrected chi connectivity index (χ2v) is 4.96. The van der Waals surface area contributed by atoms with Crippen molar-refractivity contribution in [3.8, 4) is 0 Å². The first kappa shape index (κ1) is 13.8. The normalized spacial score (nSPS) is 21.4. The third-order valence-corrected chi connectivity index (χ3v) is 3.70. The van der Waals surface area contributed by atoms with Crippen LogP contribution in [0.5, 0.6) is 0 Å². The summed E-state index contributed by atoms with van der Waals surface area (Å²) in [4.78, 5) is 6.66. The number of imidazole rings is 1. The molecule has 1 aromatic rings. The highest BCUT2D eigenvalue weighted by atomic mass is 35.5. The summed E-state index contributed by atoms with van der Waals surface area (Å²) in [6, 6.07) is 0. The van der Waals surface area contributed by atoms with Crippen molar-refractivity contribution in [2.24, 2.45) is 7.05 Å². The summed E-state index contributed by atoms with van der Waals surface area (Å²) in [5, 5.41) is 4.04. The Kier molecular flexibility index (Phi) is 5.00. The fourth-order valence-electron chi connectivity index (χ4n) is 2.12. The predicted octanol–water partition coefficient (Wildman–Crippen LogP) is 0.884. The number of ether oxygens (including phenoxy) is 1. The first-order valence-electron chi connectivity index (χ1n) is 6.41. The standard InChI is InChI=1S/C12H21ClN4O/c1-3-17-4-5-18-10(9-17)6-14-8-12-15-7-11(13)16(12)2/h7,10,14H,3-6,8-9H2,1-2H3. The molecule has 0 spiro atoms. The summed E-state index contributed by atoms with van der Waals surface area (Å²) < 4.78 is 7.61. The van der Waals surface area contributed by atoms with E-state index in [1.165, 1.54) is 0 Å². The van der Waals surface area contributed by atoms with Gasteiger partial charge in [-0.3, -0.25) is 4.90 Å². The van der Waals surface area contributed by atoms with E-state index in [1.807, 2.05) is 11.6 Å². The highest BCUT2D eigenvalue weighted by molar-refractivity contribution is 6.29. The first-order valence-corrected chi connectivity index (χ1v) is 6.79. The van der Waals surface area contributed by atoms with Gasteiger partial charge in [-0.2, -0.15) is 0 Å². The summed E-state index contributed by atoms with van der Waals surface area (Å²) in [6.45, 7) is 7.72. The van der Waals surface area contributed by atoms with Crippen molar-refractivity contribution < 1.29 is 4.74 Å². The van der Waals surface area contributed by atoms with Crippen LogP contribution in [0, 0.1) is 0 Å². The van der Waals surface area contributed by atoms with Gasteiger partial charge in [0, 0.05) is 26.7 Å². The number of halogens is 1. The van der Waals surface area contributed by atoms with Crippen LogP contribution in [-0.4, -0.2) is 53.3 Å². The maximum absolute atomic E-state index is 5.94. The molecule has 1 atom stereocenters. The minimum Gasteiger partial charge on any atom is -0.374 e. The van der Waals surface area contributed by atoms with E-state index in [0.717, 1.165) is 45.2 Å². The van der Waals surface area contributed by atoms with E-state index in [4.69, 9.17) is 16.3 Å². The molecule has 0 bridgehead atoms. The molecule has 0 radical (unpaired) electrons. The molecule has 1 fully saturated rings. The van der Waals surface area contributed by atoms with Crippen molar-refractivity contribution in [3.63, 3.8) is 0 Å². The van der Waals surface area contributed by atoms with Gasteiger partial charge in [0.1, 0.15) is 11.0 Å². The Bertz CT molecular complexity index is 382. The van der Waals surface area contributed by atoms with E-state index >= 15 is 0 Å². The van der Waals surface area contributed by atoms with E-state index in [0.29, 0.717) is 5.15 Å². The van der Waals surface area contributed by atoms with Crippen LogP contribution in [0.25, 0.3) is 0 Å². The van der Waals surface area contributed by atoms with Crippen molar-refractivity contribution in [3.05, 3.63) is 17.2 Å². The molecule has 1 aromatic heterocycles. The molecule has 0 aliphatic carbocycles. The van der Waals surface area contributed by atoms with Gasteiger partial charge in [0.05, 0.1) is 25.5 Å². The van der Waals surface area contributed by atoms with Gasteiger partial charge in [0.15, 0.2) is 0 Å². The average Bonchev–Trinajstić information content (AvgIpc) is 2.71. The molecular weight excluding hydrogens is 252 g/mol. The Morgan fingerprint density at radius 1 is 1.61 bits per heavy atom. The molecule has 18 heavy (non-hydrogen) atoms. The van der Waals surface area contributed by atoms with Crippen molar-refractivity contribution >= 4 is 11.6 Å². The SMILES string of the molecule is CCN1CCOC(CNCc2ncc(Cl)n2C)C1. The molecule has 1 unspecified atom stereocenters. The van der Waals surface area contributed by atoms with E-state index < -0.39 is 0 Å². The van der Waals surface area contributed by atoms with Crippen LogP contribution >= 0.6 is 11.6 Å². The number of likely N-dealkylation sites (N-methyl/N-ethyl adjacent to an activating group) is 1. The van der Waals surface area contributed by atoms with Crippen LogP contribution in [0.15, 0.2) is 6.20 Å². The lowest BCUT2D eigenvalue weighted by molar-refractivity contribution is -0.0254. The number of rotatable bonds is 5. The molecular formula is C12H21ClN4O. The molecule has 6 heteroatoms. The molecule has 0 aromatic carbocycles. The smallest absolute Gasteiger partial charge is 0.128 e. The van der Waals surface area contributed by atoms with E-state index in [9.17, 15) is 0 Å². The average molecular weight is 273 g/mol. The van der Waals surface area contributed by atoms with Crippen LogP contribution in [0.1, 0.15) is 12.7 Å². The van der Waals surface area contributed by atoms with Crippen molar-refractivity contribution in [2.75, 3.05) is 32.8 Å². The number of nitrogens with zero attached hydrogens (tertiary/aromatic N) is 3.